The van der Waals surface area contributed by atoms with Gasteiger partial charge in [0.15, 0.2) is 11.6 Å². The van der Waals surface area contributed by atoms with Crippen LogP contribution in [0.1, 0.15) is 9.60 Å². The zero-order chi connectivity index (χ0) is 43.1. The van der Waals surface area contributed by atoms with E-state index in [1.165, 1.54) is 12.1 Å². The molecule has 8 aromatic carbocycles. The fraction of sp³-hybridized carbons (Fsp3) is 0. The molecule has 56 heavy (non-hydrogen) atoms. The first-order valence-electron chi connectivity index (χ1n) is 21.8. The van der Waals surface area contributed by atoms with Gasteiger partial charge in [0.05, 0.1) is 31.7 Å². The minimum atomic E-state index is -0.210. The third-order valence-electron chi connectivity index (χ3n) is 10.2. The van der Waals surface area contributed by atoms with Crippen LogP contribution in [-0.2, 0) is 0 Å². The molecular weight excluding hydrogens is 683 g/mol. The number of aromatic nitrogens is 5. The molecule has 0 atom stereocenters. The summed E-state index contributed by atoms with van der Waals surface area (Å²) in [5.74, 6) is 0.863. The molecular formula is C51H33N5. The van der Waals surface area contributed by atoms with Crippen molar-refractivity contribution in [1.29, 1.82) is 0 Å². The van der Waals surface area contributed by atoms with E-state index < -0.39 is 0 Å². The molecule has 0 N–H and O–H groups in total. The number of hydrogen-bond acceptors (Lipinski definition) is 3. The Morgan fingerprint density at radius 3 is 1.55 bits per heavy atom. The fourth-order valence-corrected chi connectivity index (χ4v) is 7.66. The predicted molar refractivity (Wildman–Crippen MR) is 230 cm³/mol. The van der Waals surface area contributed by atoms with Crippen LogP contribution in [0.4, 0.5) is 0 Å². The molecule has 11 rings (SSSR count). The normalized spacial score (nSPS) is 13.3. The lowest BCUT2D eigenvalue weighted by molar-refractivity contribution is 0.953. The average Bonchev–Trinajstić information content (AvgIpc) is 3.86. The Balaban J connectivity index is 1.32. The summed E-state index contributed by atoms with van der Waals surface area (Å²) in [6.45, 7) is 0. The molecule has 0 radical (unpaired) electrons. The van der Waals surface area contributed by atoms with E-state index in [0.717, 1.165) is 33.4 Å². The topological polar surface area (TPSA) is 48.5 Å². The first-order chi connectivity index (χ1) is 30.7. The molecule has 0 bridgehead atoms. The summed E-state index contributed by atoms with van der Waals surface area (Å²) in [4.78, 5) is 15.1. The Morgan fingerprint density at radius 1 is 0.357 bits per heavy atom. The Kier molecular flexibility index (Phi) is 5.92. The van der Waals surface area contributed by atoms with Gasteiger partial charge < -0.3 is 4.57 Å². The highest BCUT2D eigenvalue weighted by Crippen LogP contribution is 2.42. The monoisotopic (exact) mass is 722 g/mol. The van der Waals surface area contributed by atoms with Gasteiger partial charge in [-0.15, -0.1) is 0 Å². The number of benzene rings is 8. The molecule has 0 aliphatic rings. The third-order valence-corrected chi connectivity index (χ3v) is 10.2. The quantitative estimate of drug-likeness (QED) is 0.172. The maximum atomic E-state index is 9.69. The maximum absolute atomic E-state index is 9.69. The van der Waals surface area contributed by atoms with Gasteiger partial charge in [0.1, 0.15) is 0 Å². The Labute approximate surface area is 333 Å². The predicted octanol–water partition coefficient (Wildman–Crippen LogP) is 12.7. The number of rotatable bonds is 6. The molecule has 0 saturated carbocycles. The van der Waals surface area contributed by atoms with Gasteiger partial charge in [-0.2, -0.15) is 9.97 Å². The fourth-order valence-electron chi connectivity index (χ4n) is 7.66. The molecule has 5 heteroatoms. The van der Waals surface area contributed by atoms with Crippen LogP contribution in [0.25, 0.3) is 100 Å². The minimum Gasteiger partial charge on any atom is -0.307 e. The first kappa shape index (κ1) is 25.4. The lowest BCUT2D eigenvalue weighted by Crippen LogP contribution is -2.07. The second kappa shape index (κ2) is 13.0. The summed E-state index contributed by atoms with van der Waals surface area (Å²) in [5, 5.41) is 1.06. The van der Waals surface area contributed by atoms with Crippen molar-refractivity contribution in [3.63, 3.8) is 0 Å². The van der Waals surface area contributed by atoms with Gasteiger partial charge in [-0.3, -0.25) is 4.57 Å². The van der Waals surface area contributed by atoms with Crippen molar-refractivity contribution in [3.05, 3.63) is 200 Å². The van der Waals surface area contributed by atoms with Crippen LogP contribution in [0.5, 0.6) is 0 Å². The van der Waals surface area contributed by atoms with Gasteiger partial charge in [0.25, 0.3) is 0 Å². The van der Waals surface area contributed by atoms with Crippen LogP contribution < -0.4 is 0 Å². The molecule has 3 aromatic heterocycles. The average molecular weight is 723 g/mol. The third kappa shape index (κ3) is 5.21. The van der Waals surface area contributed by atoms with Gasteiger partial charge >= 0.3 is 0 Å². The summed E-state index contributed by atoms with van der Waals surface area (Å²) in [5.41, 5.74) is 7.31. The van der Waals surface area contributed by atoms with Crippen molar-refractivity contribution in [3.8, 4) is 56.7 Å². The van der Waals surface area contributed by atoms with Crippen molar-refractivity contribution in [2.45, 2.75) is 0 Å². The van der Waals surface area contributed by atoms with E-state index in [-0.39, 0.29) is 69.9 Å². The number of nitrogens with zero attached hydrogens (tertiary/aromatic N) is 5. The van der Waals surface area contributed by atoms with Crippen LogP contribution in [0.3, 0.4) is 0 Å². The number of fused-ring (bicyclic) bond motifs is 7. The molecule has 0 spiro atoms. The smallest absolute Gasteiger partial charge is 0.238 e. The molecule has 0 unspecified atom stereocenters. The number of para-hydroxylation sites is 2. The molecule has 11 aromatic rings. The first-order valence-corrected chi connectivity index (χ1v) is 18.3. The van der Waals surface area contributed by atoms with E-state index in [4.69, 9.17) is 17.7 Å². The van der Waals surface area contributed by atoms with Crippen molar-refractivity contribution >= 4 is 43.6 Å². The second-order valence-electron chi connectivity index (χ2n) is 13.5. The molecule has 262 valence electrons. The van der Waals surface area contributed by atoms with Crippen LogP contribution in [-0.4, -0.2) is 24.1 Å². The van der Waals surface area contributed by atoms with Crippen molar-refractivity contribution < 1.29 is 9.60 Å². The van der Waals surface area contributed by atoms with Crippen molar-refractivity contribution in [2.75, 3.05) is 0 Å². The molecule has 3 heterocycles. The van der Waals surface area contributed by atoms with E-state index >= 15 is 0 Å². The van der Waals surface area contributed by atoms with Crippen molar-refractivity contribution in [2.24, 2.45) is 0 Å². The highest BCUT2D eigenvalue weighted by molar-refractivity contribution is 6.23. The summed E-state index contributed by atoms with van der Waals surface area (Å²) < 4.78 is 68.6. The Hall–Kier alpha value is -7.63. The lowest BCUT2D eigenvalue weighted by atomic mass is 9.99. The lowest BCUT2D eigenvalue weighted by Gasteiger charge is -2.14. The Morgan fingerprint density at radius 2 is 0.875 bits per heavy atom. The molecule has 0 saturated heterocycles. The molecule has 0 amide bonds. The Bertz CT molecular complexity index is 3590. The standard InChI is InChI=1S/C51H33N5/c1-4-16-34(17-5-1)37-22-14-23-38(32-37)39-24-15-25-40(33-39)55-45-28-12-10-26-41(45)43-30-31-44-42-27-11-13-29-46(42)56(48(44)47(43)55)51-53-49(35-18-6-2-7-19-35)52-50(54-51)36-20-8-3-9-21-36/h1-33H/i10D,11D,26D,28D,29D,30D,31D. The van der Waals surface area contributed by atoms with E-state index in [1.807, 2.05) is 120 Å². The largest absolute Gasteiger partial charge is 0.307 e. The van der Waals surface area contributed by atoms with Gasteiger partial charge in [0.2, 0.25) is 5.95 Å². The zero-order valence-electron chi connectivity index (χ0n) is 36.7. The van der Waals surface area contributed by atoms with E-state index in [2.05, 4.69) is 24.3 Å². The maximum Gasteiger partial charge on any atom is 0.238 e. The van der Waals surface area contributed by atoms with Crippen LogP contribution in [0, 0.1) is 0 Å². The van der Waals surface area contributed by atoms with Gasteiger partial charge in [0, 0.05) is 38.4 Å². The van der Waals surface area contributed by atoms with Gasteiger partial charge in [-0.05, 0) is 52.5 Å². The van der Waals surface area contributed by atoms with Gasteiger partial charge in [-0.25, -0.2) is 4.98 Å². The summed E-state index contributed by atoms with van der Waals surface area (Å²) in [6.07, 6.45) is 0. The zero-order valence-corrected chi connectivity index (χ0v) is 29.7. The SMILES string of the molecule is [2H]c1cc([2H])c2c(c1)c1c([2H])c([2H])c3c4c([2H])c([2H])cc([2H])c4n(-c4cccc(-c5cccc(-c6ccccc6)c5)c4)c3c1n2-c1nc(-c2ccccc2)nc(-c2ccccc2)n1. The summed E-state index contributed by atoms with van der Waals surface area (Å²) in [6, 6.07) is 48.8. The van der Waals surface area contributed by atoms with Crippen LogP contribution in [0.2, 0.25) is 0 Å². The van der Waals surface area contributed by atoms with E-state index in [9.17, 15) is 6.85 Å². The summed E-state index contributed by atoms with van der Waals surface area (Å²) in [7, 11) is 0. The van der Waals surface area contributed by atoms with E-state index in [0.29, 0.717) is 39.3 Å². The molecule has 0 aliphatic carbocycles. The van der Waals surface area contributed by atoms with E-state index in [1.54, 1.807) is 10.6 Å². The molecule has 5 nitrogen and oxygen atoms in total. The molecule has 0 fully saturated rings. The van der Waals surface area contributed by atoms with Crippen molar-refractivity contribution in [1.82, 2.24) is 24.1 Å². The second-order valence-corrected chi connectivity index (χ2v) is 13.5. The number of hydrogen-bond donors (Lipinski definition) is 0. The highest BCUT2D eigenvalue weighted by atomic mass is 15.2. The van der Waals surface area contributed by atoms with Crippen LogP contribution in [0.15, 0.2) is 200 Å². The summed E-state index contributed by atoms with van der Waals surface area (Å²) >= 11 is 0. The van der Waals surface area contributed by atoms with Crippen LogP contribution >= 0.6 is 0 Å². The minimum absolute atomic E-state index is 0.0190. The molecule has 0 aliphatic heterocycles. The highest BCUT2D eigenvalue weighted by Gasteiger charge is 2.23. The van der Waals surface area contributed by atoms with Gasteiger partial charge in [-0.1, -0.05) is 170 Å².